The molecule has 0 bridgehead atoms. The van der Waals surface area contributed by atoms with E-state index in [4.69, 9.17) is 11.0 Å². The molecule has 5 nitrogen and oxygen atoms in total. The number of aromatic amines is 1. The van der Waals surface area contributed by atoms with E-state index in [9.17, 15) is 0 Å². The van der Waals surface area contributed by atoms with Gasteiger partial charge in [0.15, 0.2) is 0 Å². The lowest BCUT2D eigenvalue weighted by molar-refractivity contribution is 1.09. The number of pyridine rings is 1. The Kier molecular flexibility index (Phi) is 1.88. The van der Waals surface area contributed by atoms with Crippen LogP contribution in [0.3, 0.4) is 0 Å². The fraction of sp³-hybridized carbons (Fsp3) is 0. The number of hydrogen-bond donors (Lipinski definition) is 2. The molecule has 0 aliphatic rings. The Morgan fingerprint density at radius 2 is 2.29 bits per heavy atom. The zero-order valence-corrected chi connectivity index (χ0v) is 7.23. The van der Waals surface area contributed by atoms with Gasteiger partial charge in [-0.3, -0.25) is 10.1 Å². The summed E-state index contributed by atoms with van der Waals surface area (Å²) in [5, 5.41) is 15.4. The number of H-pyrrole nitrogens is 1. The number of hydrogen-bond acceptors (Lipinski definition) is 4. The van der Waals surface area contributed by atoms with E-state index in [1.165, 1.54) is 6.20 Å². The molecule has 14 heavy (non-hydrogen) atoms. The Labute approximate surface area is 80.2 Å². The Hall–Kier alpha value is -2.35. The summed E-state index contributed by atoms with van der Waals surface area (Å²) >= 11 is 0. The van der Waals surface area contributed by atoms with Crippen LogP contribution in [0.5, 0.6) is 0 Å². The van der Waals surface area contributed by atoms with E-state index in [1.807, 2.05) is 6.07 Å². The van der Waals surface area contributed by atoms with Crippen LogP contribution in [0.15, 0.2) is 24.7 Å². The van der Waals surface area contributed by atoms with Crippen molar-refractivity contribution in [2.45, 2.75) is 0 Å². The predicted octanol–water partition coefficient (Wildman–Crippen LogP) is 0.926. The molecule has 0 unspecified atom stereocenters. The Morgan fingerprint density at radius 3 is 2.93 bits per heavy atom. The van der Waals surface area contributed by atoms with Crippen molar-refractivity contribution in [3.63, 3.8) is 0 Å². The van der Waals surface area contributed by atoms with Crippen LogP contribution in [-0.2, 0) is 0 Å². The van der Waals surface area contributed by atoms with Gasteiger partial charge in [-0.15, -0.1) is 0 Å². The number of anilines is 1. The molecule has 0 atom stereocenters. The van der Waals surface area contributed by atoms with E-state index in [0.717, 1.165) is 0 Å². The van der Waals surface area contributed by atoms with Crippen LogP contribution in [0.1, 0.15) is 5.56 Å². The fourth-order valence-corrected chi connectivity index (χ4v) is 1.17. The van der Waals surface area contributed by atoms with Crippen molar-refractivity contribution in [2.24, 2.45) is 0 Å². The lowest BCUT2D eigenvalue weighted by atomic mass is 10.1. The van der Waals surface area contributed by atoms with Crippen LogP contribution in [0.4, 0.5) is 5.69 Å². The minimum absolute atomic E-state index is 0.366. The van der Waals surface area contributed by atoms with Gasteiger partial charge in [0, 0.05) is 24.2 Å². The lowest BCUT2D eigenvalue weighted by Gasteiger charge is -2.02. The summed E-state index contributed by atoms with van der Waals surface area (Å²) < 4.78 is 0. The molecule has 5 heteroatoms. The normalized spacial score (nSPS) is 9.64. The smallest absolute Gasteiger partial charge is 0.103 e. The predicted molar refractivity (Wildman–Crippen MR) is 50.9 cm³/mol. The third-order valence-electron chi connectivity index (χ3n) is 1.88. The SMILES string of the molecule is N#Cc1cncc(-c2cc[nH]n2)c1N. The topological polar surface area (TPSA) is 91.4 Å². The first-order chi connectivity index (χ1) is 6.83. The summed E-state index contributed by atoms with van der Waals surface area (Å²) in [5.74, 6) is 0. The highest BCUT2D eigenvalue weighted by atomic mass is 15.1. The number of nitrogens with zero attached hydrogens (tertiary/aromatic N) is 3. The van der Waals surface area contributed by atoms with Crippen molar-refractivity contribution < 1.29 is 0 Å². The highest BCUT2D eigenvalue weighted by molar-refractivity contribution is 5.76. The second kappa shape index (κ2) is 3.18. The molecule has 0 spiro atoms. The summed E-state index contributed by atoms with van der Waals surface area (Å²) in [7, 11) is 0. The standard InChI is InChI=1S/C9H7N5/c10-3-6-4-12-5-7(9(6)11)8-1-2-13-14-8/h1-2,4-5H,(H2,11,12)(H,13,14). The molecule has 0 aromatic carbocycles. The van der Waals surface area contributed by atoms with Crippen LogP contribution in [-0.4, -0.2) is 15.2 Å². The molecule has 2 rings (SSSR count). The second-order valence-electron chi connectivity index (χ2n) is 2.72. The molecule has 0 radical (unpaired) electrons. The summed E-state index contributed by atoms with van der Waals surface area (Å²) in [5.41, 5.74) is 7.91. The number of nitrogen functional groups attached to an aromatic ring is 1. The van der Waals surface area contributed by atoms with Gasteiger partial charge in [-0.25, -0.2) is 0 Å². The van der Waals surface area contributed by atoms with Crippen molar-refractivity contribution in [3.8, 4) is 17.3 Å². The molecule has 2 aromatic rings. The van der Waals surface area contributed by atoms with Crippen molar-refractivity contribution in [3.05, 3.63) is 30.2 Å². The van der Waals surface area contributed by atoms with E-state index >= 15 is 0 Å². The van der Waals surface area contributed by atoms with Crippen LogP contribution in [0.25, 0.3) is 11.3 Å². The molecule has 2 aromatic heterocycles. The van der Waals surface area contributed by atoms with E-state index in [-0.39, 0.29) is 0 Å². The third-order valence-corrected chi connectivity index (χ3v) is 1.88. The summed E-state index contributed by atoms with van der Waals surface area (Å²) in [6, 6.07) is 3.74. The van der Waals surface area contributed by atoms with Gasteiger partial charge in [0.1, 0.15) is 6.07 Å². The van der Waals surface area contributed by atoms with Gasteiger partial charge in [0.2, 0.25) is 0 Å². The molecule has 0 amide bonds. The van der Waals surface area contributed by atoms with E-state index < -0.39 is 0 Å². The van der Waals surface area contributed by atoms with Gasteiger partial charge in [-0.2, -0.15) is 10.4 Å². The van der Waals surface area contributed by atoms with Crippen LogP contribution in [0.2, 0.25) is 0 Å². The van der Waals surface area contributed by atoms with Gasteiger partial charge in [0.05, 0.1) is 16.9 Å². The molecule has 0 aliphatic carbocycles. The second-order valence-corrected chi connectivity index (χ2v) is 2.72. The van der Waals surface area contributed by atoms with Crippen molar-refractivity contribution in [1.29, 1.82) is 5.26 Å². The molecular weight excluding hydrogens is 178 g/mol. The number of aromatic nitrogens is 3. The lowest BCUT2D eigenvalue weighted by Crippen LogP contribution is -1.95. The summed E-state index contributed by atoms with van der Waals surface area (Å²) in [6.07, 6.45) is 4.71. The van der Waals surface area contributed by atoms with Crippen LogP contribution < -0.4 is 5.73 Å². The van der Waals surface area contributed by atoms with Crippen molar-refractivity contribution >= 4 is 5.69 Å². The van der Waals surface area contributed by atoms with E-state index in [2.05, 4.69) is 15.2 Å². The molecule has 68 valence electrons. The molecule has 3 N–H and O–H groups in total. The van der Waals surface area contributed by atoms with Gasteiger partial charge in [0.25, 0.3) is 0 Å². The molecule has 2 heterocycles. The van der Waals surface area contributed by atoms with E-state index in [0.29, 0.717) is 22.5 Å². The largest absolute Gasteiger partial charge is 0.397 e. The average molecular weight is 185 g/mol. The Bertz CT molecular complexity index is 480. The molecule has 0 saturated carbocycles. The first kappa shape index (κ1) is 8.26. The zero-order valence-electron chi connectivity index (χ0n) is 7.23. The maximum atomic E-state index is 8.74. The van der Waals surface area contributed by atoms with Gasteiger partial charge in [-0.05, 0) is 6.07 Å². The maximum Gasteiger partial charge on any atom is 0.103 e. The van der Waals surface area contributed by atoms with Gasteiger partial charge in [-0.1, -0.05) is 0 Å². The molecule has 0 fully saturated rings. The van der Waals surface area contributed by atoms with Crippen molar-refractivity contribution in [2.75, 3.05) is 5.73 Å². The minimum atomic E-state index is 0.366. The minimum Gasteiger partial charge on any atom is -0.397 e. The highest BCUT2D eigenvalue weighted by Gasteiger charge is 2.08. The fourth-order valence-electron chi connectivity index (χ4n) is 1.17. The maximum absolute atomic E-state index is 8.74. The average Bonchev–Trinajstić information content (AvgIpc) is 2.71. The number of rotatable bonds is 1. The zero-order chi connectivity index (χ0) is 9.97. The first-order valence-electron chi connectivity index (χ1n) is 3.96. The number of nitrogens with one attached hydrogen (secondary N) is 1. The number of nitrogens with two attached hydrogens (primary N) is 1. The third kappa shape index (κ3) is 1.19. The van der Waals surface area contributed by atoms with Crippen LogP contribution in [0, 0.1) is 11.3 Å². The Balaban J connectivity index is 2.61. The molecular formula is C9H7N5. The molecule has 0 aliphatic heterocycles. The first-order valence-corrected chi connectivity index (χ1v) is 3.96. The number of nitriles is 1. The van der Waals surface area contributed by atoms with Crippen molar-refractivity contribution in [1.82, 2.24) is 15.2 Å². The summed E-state index contributed by atoms with van der Waals surface area (Å²) in [6.45, 7) is 0. The van der Waals surface area contributed by atoms with Gasteiger partial charge < -0.3 is 5.73 Å². The monoisotopic (exact) mass is 185 g/mol. The Morgan fingerprint density at radius 1 is 1.43 bits per heavy atom. The molecule has 0 saturated heterocycles. The van der Waals surface area contributed by atoms with E-state index in [1.54, 1.807) is 18.5 Å². The highest BCUT2D eigenvalue weighted by Crippen LogP contribution is 2.24. The quantitative estimate of drug-likeness (QED) is 0.691. The van der Waals surface area contributed by atoms with Crippen LogP contribution >= 0.6 is 0 Å². The summed E-state index contributed by atoms with van der Waals surface area (Å²) in [4.78, 5) is 3.92. The van der Waals surface area contributed by atoms with Gasteiger partial charge >= 0.3 is 0 Å².